The first-order chi connectivity index (χ1) is 9.66. The highest BCUT2D eigenvalue weighted by molar-refractivity contribution is 5.50. The number of nitro groups is 1. The maximum atomic E-state index is 11.2. The number of phenolic OH excluding ortho intramolecular Hbond substituents is 1. The minimum Gasteiger partial charge on any atom is -0.507 e. The van der Waals surface area contributed by atoms with Crippen molar-refractivity contribution in [1.29, 1.82) is 0 Å². The minimum atomic E-state index is -1.03. The first-order valence-electron chi connectivity index (χ1n) is 7.67. The number of benzene rings is 1. The lowest BCUT2D eigenvalue weighted by molar-refractivity contribution is -0.560. The van der Waals surface area contributed by atoms with Crippen LogP contribution < -0.4 is 0 Å². The van der Waals surface area contributed by atoms with Gasteiger partial charge in [-0.1, -0.05) is 53.7 Å². The van der Waals surface area contributed by atoms with E-state index >= 15 is 0 Å². The Morgan fingerprint density at radius 3 is 1.59 bits per heavy atom. The van der Waals surface area contributed by atoms with Crippen LogP contribution in [-0.2, 0) is 17.3 Å². The summed E-state index contributed by atoms with van der Waals surface area (Å²) in [7, 11) is 0. The van der Waals surface area contributed by atoms with Crippen LogP contribution in [0.4, 0.5) is 0 Å². The van der Waals surface area contributed by atoms with Gasteiger partial charge in [0, 0.05) is 25.2 Å². The standard InChI is InChI=1S/C18H29NO3/c1-16(2,3)13-9-12(11-18(7,8)19(21)22)10-14(15(13)20)17(4,5)6/h9-10,20H,11H2,1-8H3. The Bertz CT molecular complexity index is 540. The van der Waals surface area contributed by atoms with Gasteiger partial charge in [0.05, 0.1) is 0 Å². The Balaban J connectivity index is 3.52. The molecule has 1 rings (SSSR count). The summed E-state index contributed by atoms with van der Waals surface area (Å²) in [6.45, 7) is 15.5. The molecular formula is C18H29NO3. The van der Waals surface area contributed by atoms with Crippen molar-refractivity contribution >= 4 is 0 Å². The summed E-state index contributed by atoms with van der Waals surface area (Å²) in [6.07, 6.45) is 0.340. The molecule has 1 aromatic rings. The SMILES string of the molecule is CC(C)(C)c1cc(CC(C)(C)[N+](=O)[O-])cc(C(C)(C)C)c1O. The van der Waals surface area contributed by atoms with Crippen molar-refractivity contribution in [2.24, 2.45) is 0 Å². The molecule has 124 valence electrons. The Labute approximate surface area is 133 Å². The molecule has 0 aliphatic rings. The molecule has 0 bridgehead atoms. The molecule has 22 heavy (non-hydrogen) atoms. The Hall–Kier alpha value is -1.58. The average molecular weight is 307 g/mol. The van der Waals surface area contributed by atoms with Gasteiger partial charge in [-0.15, -0.1) is 0 Å². The number of hydrogen-bond acceptors (Lipinski definition) is 3. The van der Waals surface area contributed by atoms with Gasteiger partial charge in [-0.2, -0.15) is 0 Å². The summed E-state index contributed by atoms with van der Waals surface area (Å²) < 4.78 is 0. The van der Waals surface area contributed by atoms with E-state index in [1.54, 1.807) is 13.8 Å². The van der Waals surface area contributed by atoms with Crippen molar-refractivity contribution in [2.75, 3.05) is 0 Å². The second-order valence-corrected chi connectivity index (χ2v) is 8.79. The van der Waals surface area contributed by atoms with Crippen molar-refractivity contribution in [3.8, 4) is 5.75 Å². The molecule has 0 aromatic heterocycles. The predicted molar refractivity (Wildman–Crippen MR) is 90.3 cm³/mol. The Kier molecular flexibility index (Phi) is 4.67. The van der Waals surface area contributed by atoms with E-state index in [4.69, 9.17) is 0 Å². The van der Waals surface area contributed by atoms with Gasteiger partial charge in [0.1, 0.15) is 5.75 Å². The van der Waals surface area contributed by atoms with E-state index in [-0.39, 0.29) is 15.8 Å². The molecule has 0 aliphatic heterocycles. The van der Waals surface area contributed by atoms with E-state index in [1.807, 2.05) is 53.7 Å². The molecular weight excluding hydrogens is 278 g/mol. The fraction of sp³-hybridized carbons (Fsp3) is 0.667. The molecule has 0 radical (unpaired) electrons. The fourth-order valence-electron chi connectivity index (χ4n) is 2.50. The van der Waals surface area contributed by atoms with Crippen molar-refractivity contribution in [2.45, 2.75) is 78.2 Å². The smallest absolute Gasteiger partial charge is 0.220 e. The second kappa shape index (κ2) is 5.56. The van der Waals surface area contributed by atoms with Gasteiger partial charge in [0.15, 0.2) is 0 Å². The van der Waals surface area contributed by atoms with E-state index in [2.05, 4.69) is 0 Å². The average Bonchev–Trinajstić information content (AvgIpc) is 2.27. The lowest BCUT2D eigenvalue weighted by atomic mass is 9.77. The van der Waals surface area contributed by atoms with Crippen LogP contribution in [0.25, 0.3) is 0 Å². The van der Waals surface area contributed by atoms with E-state index in [1.165, 1.54) is 0 Å². The number of hydrogen-bond donors (Lipinski definition) is 1. The van der Waals surface area contributed by atoms with Gasteiger partial charge in [-0.3, -0.25) is 10.1 Å². The van der Waals surface area contributed by atoms with Crippen LogP contribution in [0.3, 0.4) is 0 Å². The molecule has 0 saturated carbocycles. The molecule has 0 aliphatic carbocycles. The van der Waals surface area contributed by atoms with Gasteiger partial charge < -0.3 is 5.11 Å². The van der Waals surface area contributed by atoms with Gasteiger partial charge in [-0.25, -0.2) is 0 Å². The Morgan fingerprint density at radius 2 is 1.32 bits per heavy atom. The third-order valence-electron chi connectivity index (χ3n) is 3.92. The van der Waals surface area contributed by atoms with Gasteiger partial charge in [0.2, 0.25) is 5.54 Å². The maximum absolute atomic E-state index is 11.2. The molecule has 1 N–H and O–H groups in total. The second-order valence-electron chi connectivity index (χ2n) is 8.79. The summed E-state index contributed by atoms with van der Waals surface area (Å²) in [5.41, 5.74) is 1.11. The minimum absolute atomic E-state index is 0.223. The molecule has 0 fully saturated rings. The molecule has 4 heteroatoms. The highest BCUT2D eigenvalue weighted by Crippen LogP contribution is 2.40. The quantitative estimate of drug-likeness (QED) is 0.656. The zero-order valence-electron chi connectivity index (χ0n) is 15.1. The molecule has 4 nitrogen and oxygen atoms in total. The molecule has 0 heterocycles. The summed E-state index contributed by atoms with van der Waals surface area (Å²) >= 11 is 0. The lowest BCUT2D eigenvalue weighted by Crippen LogP contribution is -2.33. The van der Waals surface area contributed by atoms with Gasteiger partial charge in [-0.05, 0) is 27.5 Å². The number of phenols is 1. The molecule has 0 unspecified atom stereocenters. The topological polar surface area (TPSA) is 63.4 Å². The summed E-state index contributed by atoms with van der Waals surface area (Å²) in [4.78, 5) is 11.0. The van der Waals surface area contributed by atoms with Crippen LogP contribution in [0.2, 0.25) is 0 Å². The summed E-state index contributed by atoms with van der Waals surface area (Å²) in [5, 5.41) is 21.9. The highest BCUT2D eigenvalue weighted by Gasteiger charge is 2.33. The predicted octanol–water partition coefficient (Wildman–Crippen LogP) is 4.59. The van der Waals surface area contributed by atoms with Crippen molar-refractivity contribution < 1.29 is 10.0 Å². The monoisotopic (exact) mass is 307 g/mol. The maximum Gasteiger partial charge on any atom is 0.220 e. The molecule has 0 spiro atoms. The van der Waals surface area contributed by atoms with Crippen LogP contribution in [0.15, 0.2) is 12.1 Å². The first-order valence-corrected chi connectivity index (χ1v) is 7.67. The number of nitrogens with zero attached hydrogens (tertiary/aromatic N) is 1. The third-order valence-corrected chi connectivity index (χ3v) is 3.92. The third kappa shape index (κ3) is 3.99. The van der Waals surface area contributed by atoms with Gasteiger partial charge in [0.25, 0.3) is 0 Å². The van der Waals surface area contributed by atoms with Crippen molar-refractivity contribution in [1.82, 2.24) is 0 Å². The van der Waals surface area contributed by atoms with E-state index in [0.717, 1.165) is 16.7 Å². The molecule has 1 aromatic carbocycles. The van der Waals surface area contributed by atoms with Crippen molar-refractivity contribution in [3.63, 3.8) is 0 Å². The normalized spacial score (nSPS) is 13.3. The zero-order chi connectivity index (χ0) is 17.5. The van der Waals surface area contributed by atoms with Crippen LogP contribution in [0.1, 0.15) is 72.1 Å². The van der Waals surface area contributed by atoms with Crippen LogP contribution in [0.5, 0.6) is 5.75 Å². The lowest BCUT2D eigenvalue weighted by Gasteiger charge is -2.29. The molecule has 0 amide bonds. The summed E-state index contributed by atoms with van der Waals surface area (Å²) in [5.74, 6) is 0.308. The largest absolute Gasteiger partial charge is 0.507 e. The zero-order valence-corrected chi connectivity index (χ0v) is 15.1. The number of aromatic hydroxyl groups is 1. The molecule has 0 saturated heterocycles. The fourth-order valence-corrected chi connectivity index (χ4v) is 2.50. The van der Waals surface area contributed by atoms with Crippen LogP contribution in [-0.4, -0.2) is 15.6 Å². The van der Waals surface area contributed by atoms with Crippen LogP contribution >= 0.6 is 0 Å². The molecule has 0 atom stereocenters. The van der Waals surface area contributed by atoms with Gasteiger partial charge >= 0.3 is 0 Å². The Morgan fingerprint density at radius 1 is 0.955 bits per heavy atom. The van der Waals surface area contributed by atoms with E-state index < -0.39 is 5.54 Å². The summed E-state index contributed by atoms with van der Waals surface area (Å²) in [6, 6.07) is 3.83. The van der Waals surface area contributed by atoms with Crippen LogP contribution in [0, 0.1) is 10.1 Å². The van der Waals surface area contributed by atoms with E-state index in [9.17, 15) is 15.2 Å². The first kappa shape index (κ1) is 18.5. The van der Waals surface area contributed by atoms with Crippen molar-refractivity contribution in [3.05, 3.63) is 38.9 Å². The number of rotatable bonds is 3. The highest BCUT2D eigenvalue weighted by atomic mass is 16.6. The van der Waals surface area contributed by atoms with E-state index in [0.29, 0.717) is 12.2 Å².